The third-order valence-corrected chi connectivity index (χ3v) is 4.24. The van der Waals surface area contributed by atoms with Crippen LogP contribution in [0.1, 0.15) is 48.7 Å². The van der Waals surface area contributed by atoms with E-state index in [1.165, 1.54) is 0 Å². The number of amides is 1. The zero-order valence-electron chi connectivity index (χ0n) is 13.6. The van der Waals surface area contributed by atoms with E-state index in [1.54, 1.807) is 11.1 Å². The number of carboxylic acid groups (broad SMARTS) is 1. The van der Waals surface area contributed by atoms with E-state index in [0.29, 0.717) is 23.9 Å². The van der Waals surface area contributed by atoms with Crippen molar-refractivity contribution in [1.82, 2.24) is 14.7 Å². The summed E-state index contributed by atoms with van der Waals surface area (Å²) in [6.07, 6.45) is 2.88. The molecule has 1 aromatic heterocycles. The molecule has 2 aliphatic rings. The van der Waals surface area contributed by atoms with Crippen LogP contribution in [0, 0.1) is 5.92 Å². The molecule has 1 N–H and O–H groups in total. The first kappa shape index (κ1) is 16.0. The predicted octanol–water partition coefficient (Wildman–Crippen LogP) is 1.34. The zero-order valence-corrected chi connectivity index (χ0v) is 13.6. The Morgan fingerprint density at radius 3 is 2.78 bits per heavy atom. The SMILES string of the molecule is CC(C)Cn1ncc(C(=O)N2CCOC(C(=O)O)C2)c1C1CC1. The molecule has 0 bridgehead atoms. The lowest BCUT2D eigenvalue weighted by molar-refractivity contribution is -0.154. The minimum atomic E-state index is -1.03. The summed E-state index contributed by atoms with van der Waals surface area (Å²) in [5.41, 5.74) is 1.64. The van der Waals surface area contributed by atoms with Gasteiger partial charge in [0.25, 0.3) is 5.91 Å². The van der Waals surface area contributed by atoms with Crippen molar-refractivity contribution < 1.29 is 19.4 Å². The smallest absolute Gasteiger partial charge is 0.334 e. The van der Waals surface area contributed by atoms with E-state index in [9.17, 15) is 9.59 Å². The second-order valence-corrected chi connectivity index (χ2v) is 6.74. The zero-order chi connectivity index (χ0) is 16.6. The summed E-state index contributed by atoms with van der Waals surface area (Å²) in [4.78, 5) is 25.5. The fourth-order valence-corrected chi connectivity index (χ4v) is 2.99. The Morgan fingerprint density at radius 1 is 1.43 bits per heavy atom. The van der Waals surface area contributed by atoms with Crippen LogP contribution in [-0.4, -0.2) is 57.5 Å². The van der Waals surface area contributed by atoms with Gasteiger partial charge in [-0.25, -0.2) is 4.79 Å². The maximum atomic E-state index is 12.8. The van der Waals surface area contributed by atoms with Gasteiger partial charge < -0.3 is 14.7 Å². The number of morpholine rings is 1. The molecule has 3 rings (SSSR count). The van der Waals surface area contributed by atoms with Gasteiger partial charge in [0.2, 0.25) is 0 Å². The fourth-order valence-electron chi connectivity index (χ4n) is 2.99. The van der Waals surface area contributed by atoms with Gasteiger partial charge in [0.1, 0.15) is 0 Å². The molecule has 2 fully saturated rings. The second kappa shape index (κ2) is 6.31. The number of aromatic nitrogens is 2. The summed E-state index contributed by atoms with van der Waals surface area (Å²) >= 11 is 0. The number of carbonyl (C=O) groups is 2. The Hall–Kier alpha value is -1.89. The average molecular weight is 321 g/mol. The number of hydrogen-bond donors (Lipinski definition) is 1. The molecule has 1 atom stereocenters. The van der Waals surface area contributed by atoms with E-state index in [0.717, 1.165) is 25.1 Å². The van der Waals surface area contributed by atoms with Crippen LogP contribution in [0.5, 0.6) is 0 Å². The molecule has 7 heteroatoms. The highest BCUT2D eigenvalue weighted by Crippen LogP contribution is 2.42. The van der Waals surface area contributed by atoms with Gasteiger partial charge in [0.15, 0.2) is 6.10 Å². The van der Waals surface area contributed by atoms with Crippen molar-refractivity contribution in [2.24, 2.45) is 5.92 Å². The highest BCUT2D eigenvalue weighted by atomic mass is 16.5. The van der Waals surface area contributed by atoms with Crippen molar-refractivity contribution >= 4 is 11.9 Å². The van der Waals surface area contributed by atoms with E-state index in [2.05, 4.69) is 18.9 Å². The molecule has 1 aliphatic heterocycles. The van der Waals surface area contributed by atoms with Crippen molar-refractivity contribution in [3.05, 3.63) is 17.5 Å². The van der Waals surface area contributed by atoms with Gasteiger partial charge in [0, 0.05) is 19.0 Å². The van der Waals surface area contributed by atoms with Crippen LogP contribution in [0.2, 0.25) is 0 Å². The second-order valence-electron chi connectivity index (χ2n) is 6.74. The first-order valence-corrected chi connectivity index (χ1v) is 8.16. The lowest BCUT2D eigenvalue weighted by atomic mass is 10.1. The van der Waals surface area contributed by atoms with Crippen LogP contribution in [0.25, 0.3) is 0 Å². The predicted molar refractivity (Wildman–Crippen MR) is 82.3 cm³/mol. The molecule has 1 saturated heterocycles. The maximum absolute atomic E-state index is 12.8. The van der Waals surface area contributed by atoms with Gasteiger partial charge in [0.05, 0.1) is 30.6 Å². The lowest BCUT2D eigenvalue weighted by Gasteiger charge is -2.30. The molecule has 1 saturated carbocycles. The highest BCUT2D eigenvalue weighted by Gasteiger charge is 2.36. The van der Waals surface area contributed by atoms with Crippen molar-refractivity contribution in [1.29, 1.82) is 0 Å². The van der Waals surface area contributed by atoms with Gasteiger partial charge in [-0.15, -0.1) is 0 Å². The topological polar surface area (TPSA) is 84.7 Å². The number of rotatable bonds is 5. The normalized spacial score (nSPS) is 21.7. The molecular formula is C16H23N3O4. The molecule has 1 aromatic rings. The molecule has 0 radical (unpaired) electrons. The third kappa shape index (κ3) is 3.39. The number of aliphatic carboxylic acids is 1. The average Bonchev–Trinajstić information content (AvgIpc) is 3.27. The fraction of sp³-hybridized carbons (Fsp3) is 0.688. The Morgan fingerprint density at radius 2 is 2.17 bits per heavy atom. The van der Waals surface area contributed by atoms with E-state index in [-0.39, 0.29) is 19.1 Å². The number of ether oxygens (including phenoxy) is 1. The summed E-state index contributed by atoms with van der Waals surface area (Å²) in [5, 5.41) is 13.5. The van der Waals surface area contributed by atoms with E-state index in [4.69, 9.17) is 9.84 Å². The first-order valence-electron chi connectivity index (χ1n) is 8.16. The minimum Gasteiger partial charge on any atom is -0.479 e. The molecule has 1 amide bonds. The number of carbonyl (C=O) groups excluding carboxylic acids is 1. The number of nitrogens with zero attached hydrogens (tertiary/aromatic N) is 3. The number of hydrogen-bond acceptors (Lipinski definition) is 4. The molecular weight excluding hydrogens is 298 g/mol. The van der Waals surface area contributed by atoms with E-state index in [1.807, 2.05) is 4.68 Å². The van der Waals surface area contributed by atoms with Crippen LogP contribution >= 0.6 is 0 Å². The summed E-state index contributed by atoms with van der Waals surface area (Å²) in [6, 6.07) is 0. The van der Waals surface area contributed by atoms with Crippen molar-refractivity contribution in [3.63, 3.8) is 0 Å². The Labute approximate surface area is 135 Å². The molecule has 23 heavy (non-hydrogen) atoms. The summed E-state index contributed by atoms with van der Waals surface area (Å²) in [6.45, 7) is 5.80. The van der Waals surface area contributed by atoms with Gasteiger partial charge in [-0.2, -0.15) is 5.10 Å². The highest BCUT2D eigenvalue weighted by molar-refractivity contribution is 5.96. The quantitative estimate of drug-likeness (QED) is 0.884. The van der Waals surface area contributed by atoms with Crippen LogP contribution < -0.4 is 0 Å². The van der Waals surface area contributed by atoms with Crippen molar-refractivity contribution in [2.75, 3.05) is 19.7 Å². The Bertz CT molecular complexity index is 606. The molecule has 1 aliphatic carbocycles. The Kier molecular flexibility index (Phi) is 4.39. The molecule has 126 valence electrons. The Balaban J connectivity index is 1.82. The molecule has 2 heterocycles. The van der Waals surface area contributed by atoms with Crippen LogP contribution in [0.4, 0.5) is 0 Å². The van der Waals surface area contributed by atoms with Gasteiger partial charge >= 0.3 is 5.97 Å². The van der Waals surface area contributed by atoms with Gasteiger partial charge in [-0.3, -0.25) is 9.48 Å². The number of carboxylic acids is 1. The summed E-state index contributed by atoms with van der Waals surface area (Å²) in [5.74, 6) is -0.293. The third-order valence-electron chi connectivity index (χ3n) is 4.24. The van der Waals surface area contributed by atoms with Gasteiger partial charge in [-0.1, -0.05) is 13.8 Å². The van der Waals surface area contributed by atoms with Crippen LogP contribution in [-0.2, 0) is 16.1 Å². The largest absolute Gasteiger partial charge is 0.479 e. The van der Waals surface area contributed by atoms with Gasteiger partial charge in [-0.05, 0) is 18.8 Å². The minimum absolute atomic E-state index is 0.0909. The standard InChI is InChI=1S/C16H23N3O4/c1-10(2)8-19-14(11-3-4-11)12(7-17-19)15(20)18-5-6-23-13(9-18)16(21)22/h7,10-11,13H,3-6,8-9H2,1-2H3,(H,21,22). The summed E-state index contributed by atoms with van der Waals surface area (Å²) in [7, 11) is 0. The monoisotopic (exact) mass is 321 g/mol. The van der Waals surface area contributed by atoms with Crippen molar-refractivity contribution in [2.45, 2.75) is 45.3 Å². The molecule has 0 spiro atoms. The van der Waals surface area contributed by atoms with Crippen molar-refractivity contribution in [3.8, 4) is 0 Å². The van der Waals surface area contributed by atoms with Crippen LogP contribution in [0.15, 0.2) is 6.20 Å². The molecule has 1 unspecified atom stereocenters. The molecule has 0 aromatic carbocycles. The van der Waals surface area contributed by atoms with E-state index >= 15 is 0 Å². The summed E-state index contributed by atoms with van der Waals surface area (Å²) < 4.78 is 7.14. The lowest BCUT2D eigenvalue weighted by Crippen LogP contribution is -2.48. The van der Waals surface area contributed by atoms with Crippen LogP contribution in [0.3, 0.4) is 0 Å². The first-order chi connectivity index (χ1) is 11.0. The van der Waals surface area contributed by atoms with E-state index < -0.39 is 12.1 Å². The maximum Gasteiger partial charge on any atom is 0.334 e. The molecule has 7 nitrogen and oxygen atoms in total.